The Morgan fingerprint density at radius 2 is 1.09 bits per heavy atom. The quantitative estimate of drug-likeness (QED) is 0.0582. The second kappa shape index (κ2) is 16.8. The molecule has 4 aromatic carbocycles. The van der Waals surface area contributed by atoms with Crippen molar-refractivity contribution in [3.05, 3.63) is 121 Å². The van der Waals surface area contributed by atoms with Gasteiger partial charge in [0.25, 0.3) is 0 Å². The first kappa shape index (κ1) is 33.8. The van der Waals surface area contributed by atoms with Gasteiger partial charge in [-0.2, -0.15) is 15.3 Å². The average Bonchev–Trinajstić information content (AvgIpc) is 3.05. The van der Waals surface area contributed by atoms with Crippen molar-refractivity contribution < 1.29 is 17.1 Å². The van der Waals surface area contributed by atoms with Crippen LogP contribution < -0.4 is 31.9 Å². The molecule has 4 rings (SSSR count). The van der Waals surface area contributed by atoms with Crippen molar-refractivity contribution >= 4 is 75.9 Å². The van der Waals surface area contributed by atoms with Crippen LogP contribution in [0.2, 0.25) is 0 Å². The molecule has 0 atom stereocenters. The third-order valence-corrected chi connectivity index (χ3v) is 11.3. The summed E-state index contributed by atoms with van der Waals surface area (Å²) in [6, 6.07) is 39.6. The SMILES string of the molecule is CN/C([S-])=N/N=C(/C(C)=N/N=C(\[S-])NC[P+](c1ccccc1)(c1ccccc1)c1ccccc1)c1ccc(NC)cc1.[Cu+2]. The van der Waals surface area contributed by atoms with Gasteiger partial charge in [-0.05, 0) is 60.6 Å². The molecule has 0 fully saturated rings. The number of benzene rings is 4. The fourth-order valence-corrected chi connectivity index (χ4v) is 8.57. The van der Waals surface area contributed by atoms with Gasteiger partial charge in [-0.1, -0.05) is 66.7 Å². The van der Waals surface area contributed by atoms with Crippen LogP contribution >= 0.6 is 7.26 Å². The van der Waals surface area contributed by atoms with E-state index in [1.807, 2.05) is 56.4 Å². The Kier molecular flexibility index (Phi) is 13.3. The number of rotatable bonds is 10. The molecule has 7 nitrogen and oxygen atoms in total. The summed E-state index contributed by atoms with van der Waals surface area (Å²) in [5, 5.41) is 31.0. The van der Waals surface area contributed by atoms with Crippen LogP contribution in [-0.2, 0) is 42.3 Å². The van der Waals surface area contributed by atoms with Gasteiger partial charge < -0.3 is 41.2 Å². The molecule has 0 saturated heterocycles. The van der Waals surface area contributed by atoms with Crippen molar-refractivity contribution in [1.82, 2.24) is 10.6 Å². The van der Waals surface area contributed by atoms with Gasteiger partial charge in [0.15, 0.2) is 0 Å². The minimum atomic E-state index is -2.13. The fourth-order valence-electron chi connectivity index (χ4n) is 4.44. The minimum absolute atomic E-state index is 0. The molecular formula is C32H33CuN7PS2+. The maximum atomic E-state index is 5.68. The molecule has 43 heavy (non-hydrogen) atoms. The maximum absolute atomic E-state index is 5.68. The van der Waals surface area contributed by atoms with Gasteiger partial charge in [0, 0.05) is 30.5 Å². The summed E-state index contributed by atoms with van der Waals surface area (Å²) in [5.74, 6) is 0. The minimum Gasteiger partial charge on any atom is -0.741 e. The summed E-state index contributed by atoms with van der Waals surface area (Å²) < 4.78 is 0. The van der Waals surface area contributed by atoms with Crippen LogP contribution in [0.25, 0.3) is 0 Å². The zero-order valence-corrected chi connectivity index (χ0v) is 27.5. The van der Waals surface area contributed by atoms with Crippen LogP contribution in [0, 0.1) is 0 Å². The maximum Gasteiger partial charge on any atom is 2.00 e. The monoisotopic (exact) mass is 673 g/mol. The Hall–Kier alpha value is -3.65. The van der Waals surface area contributed by atoms with Gasteiger partial charge in [0.05, 0.1) is 5.71 Å². The Bertz CT molecular complexity index is 1470. The van der Waals surface area contributed by atoms with E-state index in [-0.39, 0.29) is 27.4 Å². The van der Waals surface area contributed by atoms with Crippen molar-refractivity contribution in [2.45, 2.75) is 6.92 Å². The molecule has 0 aromatic heterocycles. The van der Waals surface area contributed by atoms with E-state index in [4.69, 9.17) is 25.3 Å². The van der Waals surface area contributed by atoms with Gasteiger partial charge in [0.1, 0.15) is 35.2 Å². The second-order valence-corrected chi connectivity index (χ2v) is 13.4. The number of nitrogens with zero attached hydrogens (tertiary/aromatic N) is 4. The molecular weight excluding hydrogens is 641 g/mol. The van der Waals surface area contributed by atoms with Crippen molar-refractivity contribution in [1.29, 1.82) is 0 Å². The molecule has 0 aliphatic carbocycles. The van der Waals surface area contributed by atoms with Gasteiger partial charge in [-0.3, -0.25) is 0 Å². The van der Waals surface area contributed by atoms with Crippen molar-refractivity contribution in [3.63, 3.8) is 0 Å². The topological polar surface area (TPSA) is 85.5 Å². The van der Waals surface area contributed by atoms with Gasteiger partial charge in [-0.15, -0.1) is 5.10 Å². The Morgan fingerprint density at radius 1 is 0.628 bits per heavy atom. The number of amidine groups is 2. The molecule has 4 aromatic rings. The smallest absolute Gasteiger partial charge is 0.741 e. The Labute approximate surface area is 276 Å². The normalized spacial score (nSPS) is 12.7. The molecule has 0 heterocycles. The van der Waals surface area contributed by atoms with E-state index < -0.39 is 7.26 Å². The largest absolute Gasteiger partial charge is 2.00 e. The predicted molar refractivity (Wildman–Crippen MR) is 187 cm³/mol. The molecule has 3 N–H and O–H groups in total. The molecule has 0 amide bonds. The van der Waals surface area contributed by atoms with Crippen LogP contribution in [0.3, 0.4) is 0 Å². The standard InChI is InChI=1S/C32H34N7PS2.Cu/c1-24(30(37-38-31(41)34-3)25-19-21-26(33-2)22-20-25)36-39-32(42)35-23-40(27-13-7-4-8-14-27,28-15-9-5-10-16-28)29-17-11-6-12-18-29;/h4-22H,23H2,1-3H3,(H4-,33,34,35,36,37,38,39,41,42);/q;+2/p-1. The second-order valence-electron chi connectivity index (χ2n) is 9.17. The van der Waals surface area contributed by atoms with E-state index in [0.717, 1.165) is 11.3 Å². The van der Waals surface area contributed by atoms with Crippen LogP contribution in [0.1, 0.15) is 12.5 Å². The summed E-state index contributed by atoms with van der Waals surface area (Å²) >= 11 is 10.8. The van der Waals surface area contributed by atoms with E-state index >= 15 is 0 Å². The molecule has 0 bridgehead atoms. The first-order valence-electron chi connectivity index (χ1n) is 13.3. The van der Waals surface area contributed by atoms with Crippen molar-refractivity contribution in [2.24, 2.45) is 20.4 Å². The summed E-state index contributed by atoms with van der Waals surface area (Å²) in [6.07, 6.45) is 0.583. The summed E-state index contributed by atoms with van der Waals surface area (Å²) in [5.41, 5.74) is 2.90. The van der Waals surface area contributed by atoms with Crippen molar-refractivity contribution in [2.75, 3.05) is 25.7 Å². The summed E-state index contributed by atoms with van der Waals surface area (Å²) in [4.78, 5) is 0. The number of nitrogens with one attached hydrogen (secondary N) is 3. The zero-order valence-electron chi connectivity index (χ0n) is 24.0. The van der Waals surface area contributed by atoms with E-state index in [1.165, 1.54) is 15.9 Å². The number of hydrogen-bond acceptors (Lipinski definition) is 7. The first-order chi connectivity index (χ1) is 20.5. The third-order valence-electron chi connectivity index (χ3n) is 6.59. The Morgan fingerprint density at radius 3 is 1.53 bits per heavy atom. The predicted octanol–water partition coefficient (Wildman–Crippen LogP) is 4.37. The first-order valence-corrected chi connectivity index (χ1v) is 16.1. The zero-order chi connectivity index (χ0) is 29.8. The molecule has 0 spiro atoms. The number of hydrogen-bond donors (Lipinski definition) is 3. The van der Waals surface area contributed by atoms with Crippen LogP contribution in [0.15, 0.2) is 136 Å². The molecule has 1 radical (unpaired) electrons. The van der Waals surface area contributed by atoms with E-state index in [1.54, 1.807) is 7.05 Å². The van der Waals surface area contributed by atoms with Crippen LogP contribution in [0.5, 0.6) is 0 Å². The van der Waals surface area contributed by atoms with E-state index in [0.29, 0.717) is 17.7 Å². The molecule has 11 heteroatoms. The van der Waals surface area contributed by atoms with Gasteiger partial charge >= 0.3 is 17.1 Å². The molecule has 0 aliphatic rings. The van der Waals surface area contributed by atoms with Crippen LogP contribution in [0.4, 0.5) is 5.69 Å². The molecule has 0 unspecified atom stereocenters. The van der Waals surface area contributed by atoms with Gasteiger partial charge in [-0.25, -0.2) is 0 Å². The molecule has 223 valence electrons. The van der Waals surface area contributed by atoms with Crippen molar-refractivity contribution in [3.8, 4) is 0 Å². The Balaban J connectivity index is 0.00000506. The summed E-state index contributed by atoms with van der Waals surface area (Å²) in [7, 11) is 1.44. The average molecular weight is 674 g/mol. The summed E-state index contributed by atoms with van der Waals surface area (Å²) in [6.45, 7) is 1.82. The molecule has 0 saturated carbocycles. The number of anilines is 1. The van der Waals surface area contributed by atoms with E-state index in [9.17, 15) is 0 Å². The molecule has 0 aliphatic heterocycles. The third kappa shape index (κ3) is 8.69. The van der Waals surface area contributed by atoms with Crippen LogP contribution in [-0.4, -0.2) is 42.1 Å². The van der Waals surface area contributed by atoms with E-state index in [2.05, 4.69) is 109 Å². The fraction of sp³-hybridized carbons (Fsp3) is 0.125. The van der Waals surface area contributed by atoms with Gasteiger partial charge in [0.2, 0.25) is 0 Å².